The molecular formula is C9H12FN3S. The molecule has 14 heavy (non-hydrogen) atoms. The molecule has 0 amide bonds. The predicted octanol–water partition coefficient (Wildman–Crippen LogP) is 1.56. The Morgan fingerprint density at radius 1 is 1.29 bits per heavy atom. The number of nitrogens with zero attached hydrogens (tertiary/aromatic N) is 3. The summed E-state index contributed by atoms with van der Waals surface area (Å²) in [5, 5.41) is 0. The number of hydrogen-bond donors (Lipinski definition) is 0. The summed E-state index contributed by atoms with van der Waals surface area (Å²) in [4.78, 5) is 9.63. The lowest BCUT2D eigenvalue weighted by Gasteiger charge is -2.20. The molecule has 0 spiro atoms. The number of rotatable bonds is 1. The van der Waals surface area contributed by atoms with E-state index in [1.807, 2.05) is 11.8 Å². The largest absolute Gasteiger partial charge is 0.356 e. The summed E-state index contributed by atoms with van der Waals surface area (Å²) in [6, 6.07) is 1.40. The molecule has 0 aromatic carbocycles. The molecule has 0 radical (unpaired) electrons. The van der Waals surface area contributed by atoms with Gasteiger partial charge in [-0.05, 0) is 12.2 Å². The third-order valence-electron chi connectivity index (χ3n) is 2.17. The van der Waals surface area contributed by atoms with Gasteiger partial charge in [0.15, 0.2) is 0 Å². The van der Waals surface area contributed by atoms with E-state index in [2.05, 4.69) is 14.9 Å². The Hall–Kier alpha value is -0.840. The fraction of sp³-hybridized carbons (Fsp3) is 0.556. The first-order valence-electron chi connectivity index (χ1n) is 4.66. The van der Waals surface area contributed by atoms with Gasteiger partial charge in [0.25, 0.3) is 0 Å². The Kier molecular flexibility index (Phi) is 3.18. The van der Waals surface area contributed by atoms with Gasteiger partial charge >= 0.3 is 0 Å². The summed E-state index contributed by atoms with van der Waals surface area (Å²) < 4.78 is 12.8. The molecule has 0 aliphatic carbocycles. The minimum absolute atomic E-state index is 0.452. The molecule has 0 saturated carbocycles. The molecule has 76 valence electrons. The summed E-state index contributed by atoms with van der Waals surface area (Å²) in [5.41, 5.74) is 0. The van der Waals surface area contributed by atoms with Gasteiger partial charge in [0.05, 0.1) is 0 Å². The Morgan fingerprint density at radius 2 is 2.21 bits per heavy atom. The molecule has 5 heteroatoms. The monoisotopic (exact) mass is 213 g/mol. The standard InChI is InChI=1S/C9H12FN3S/c10-8-6-9(12-7-11-8)13-2-1-4-14-5-3-13/h6-7H,1-5H2. The van der Waals surface area contributed by atoms with E-state index in [-0.39, 0.29) is 0 Å². The fourth-order valence-electron chi connectivity index (χ4n) is 1.47. The SMILES string of the molecule is Fc1cc(N2CCCSCC2)ncn1. The Bertz CT molecular complexity index is 300. The molecule has 3 nitrogen and oxygen atoms in total. The van der Waals surface area contributed by atoms with Gasteiger partial charge in [-0.1, -0.05) is 0 Å². The van der Waals surface area contributed by atoms with Crippen LogP contribution in [0, 0.1) is 5.95 Å². The van der Waals surface area contributed by atoms with Crippen molar-refractivity contribution in [3.05, 3.63) is 18.3 Å². The number of aromatic nitrogens is 2. The van der Waals surface area contributed by atoms with E-state index >= 15 is 0 Å². The number of anilines is 1. The Balaban J connectivity index is 2.12. The van der Waals surface area contributed by atoms with Crippen LogP contribution in [-0.4, -0.2) is 34.6 Å². The van der Waals surface area contributed by atoms with Crippen molar-refractivity contribution in [2.24, 2.45) is 0 Å². The molecule has 1 aromatic rings. The molecule has 2 rings (SSSR count). The lowest BCUT2D eigenvalue weighted by atomic mass is 10.4. The number of thioether (sulfide) groups is 1. The van der Waals surface area contributed by atoms with Crippen LogP contribution in [0.15, 0.2) is 12.4 Å². The highest BCUT2D eigenvalue weighted by molar-refractivity contribution is 7.99. The van der Waals surface area contributed by atoms with Crippen molar-refractivity contribution in [2.45, 2.75) is 6.42 Å². The summed E-state index contributed by atoms with van der Waals surface area (Å²) in [5.74, 6) is 2.53. The highest BCUT2D eigenvalue weighted by atomic mass is 32.2. The van der Waals surface area contributed by atoms with Crippen molar-refractivity contribution < 1.29 is 4.39 Å². The van der Waals surface area contributed by atoms with Crippen LogP contribution in [0.4, 0.5) is 10.2 Å². The first kappa shape index (κ1) is 9.71. The van der Waals surface area contributed by atoms with Crippen LogP contribution >= 0.6 is 11.8 Å². The van der Waals surface area contributed by atoms with Crippen LogP contribution in [0.5, 0.6) is 0 Å². The third kappa shape index (κ3) is 2.35. The molecule has 1 aliphatic rings. The van der Waals surface area contributed by atoms with Gasteiger partial charge in [-0.15, -0.1) is 0 Å². The van der Waals surface area contributed by atoms with E-state index < -0.39 is 5.95 Å². The van der Waals surface area contributed by atoms with Crippen LogP contribution in [0.1, 0.15) is 6.42 Å². The summed E-state index contributed by atoms with van der Waals surface area (Å²) in [6.45, 7) is 1.91. The first-order valence-corrected chi connectivity index (χ1v) is 5.82. The molecule has 2 heterocycles. The zero-order valence-corrected chi connectivity index (χ0v) is 8.63. The maximum absolute atomic E-state index is 12.8. The van der Waals surface area contributed by atoms with Gasteiger partial charge in [-0.25, -0.2) is 9.97 Å². The van der Waals surface area contributed by atoms with Crippen molar-refractivity contribution >= 4 is 17.6 Å². The lowest BCUT2D eigenvalue weighted by Crippen LogP contribution is -2.26. The van der Waals surface area contributed by atoms with Crippen LogP contribution in [0.25, 0.3) is 0 Å². The van der Waals surface area contributed by atoms with Gasteiger partial charge in [-0.2, -0.15) is 16.2 Å². The van der Waals surface area contributed by atoms with Crippen molar-refractivity contribution in [1.29, 1.82) is 0 Å². The van der Waals surface area contributed by atoms with E-state index in [1.165, 1.54) is 18.1 Å². The lowest BCUT2D eigenvalue weighted by molar-refractivity contribution is 0.578. The van der Waals surface area contributed by atoms with E-state index in [4.69, 9.17) is 0 Å². The molecule has 0 N–H and O–H groups in total. The van der Waals surface area contributed by atoms with Crippen LogP contribution in [-0.2, 0) is 0 Å². The van der Waals surface area contributed by atoms with Gasteiger partial charge < -0.3 is 4.90 Å². The maximum Gasteiger partial charge on any atom is 0.218 e. The second kappa shape index (κ2) is 4.59. The average molecular weight is 213 g/mol. The second-order valence-corrected chi connectivity index (χ2v) is 4.38. The van der Waals surface area contributed by atoms with Crippen LogP contribution in [0.3, 0.4) is 0 Å². The van der Waals surface area contributed by atoms with E-state index in [0.717, 1.165) is 25.3 Å². The highest BCUT2D eigenvalue weighted by Crippen LogP contribution is 2.16. The van der Waals surface area contributed by atoms with E-state index in [0.29, 0.717) is 5.82 Å². The van der Waals surface area contributed by atoms with Crippen molar-refractivity contribution in [1.82, 2.24) is 9.97 Å². The zero-order chi connectivity index (χ0) is 9.80. The van der Waals surface area contributed by atoms with Crippen molar-refractivity contribution in [3.8, 4) is 0 Å². The van der Waals surface area contributed by atoms with E-state index in [1.54, 1.807) is 0 Å². The molecule has 0 unspecified atom stereocenters. The Morgan fingerprint density at radius 3 is 3.07 bits per heavy atom. The van der Waals surface area contributed by atoms with Gasteiger partial charge in [-0.3, -0.25) is 0 Å². The average Bonchev–Trinajstić information content (AvgIpc) is 2.45. The molecule has 1 aliphatic heterocycles. The van der Waals surface area contributed by atoms with Gasteiger partial charge in [0.1, 0.15) is 12.1 Å². The van der Waals surface area contributed by atoms with E-state index in [9.17, 15) is 4.39 Å². The minimum Gasteiger partial charge on any atom is -0.356 e. The van der Waals surface area contributed by atoms with Crippen molar-refractivity contribution in [3.63, 3.8) is 0 Å². The molecule has 1 aromatic heterocycles. The predicted molar refractivity (Wildman–Crippen MR) is 56.1 cm³/mol. The maximum atomic E-state index is 12.8. The van der Waals surface area contributed by atoms with Gasteiger partial charge in [0, 0.05) is 24.9 Å². The topological polar surface area (TPSA) is 29.0 Å². The number of halogens is 1. The quantitative estimate of drug-likeness (QED) is 0.662. The fourth-order valence-corrected chi connectivity index (χ4v) is 2.36. The van der Waals surface area contributed by atoms with Crippen molar-refractivity contribution in [2.75, 3.05) is 29.5 Å². The molecular weight excluding hydrogens is 201 g/mol. The minimum atomic E-state index is -0.452. The summed E-state index contributed by atoms with van der Waals surface area (Å²) >= 11 is 1.94. The third-order valence-corrected chi connectivity index (χ3v) is 3.21. The molecule has 1 saturated heterocycles. The summed E-state index contributed by atoms with van der Waals surface area (Å²) in [7, 11) is 0. The number of hydrogen-bond acceptors (Lipinski definition) is 4. The Labute approximate surface area is 86.7 Å². The second-order valence-electron chi connectivity index (χ2n) is 3.15. The molecule has 0 atom stereocenters. The first-order chi connectivity index (χ1) is 6.86. The van der Waals surface area contributed by atoms with Crippen LogP contribution < -0.4 is 4.90 Å². The molecule has 0 bridgehead atoms. The normalized spacial score (nSPS) is 17.9. The highest BCUT2D eigenvalue weighted by Gasteiger charge is 2.11. The zero-order valence-electron chi connectivity index (χ0n) is 7.82. The van der Waals surface area contributed by atoms with Crippen LogP contribution in [0.2, 0.25) is 0 Å². The van der Waals surface area contributed by atoms with Gasteiger partial charge in [0.2, 0.25) is 5.95 Å². The summed E-state index contributed by atoms with van der Waals surface area (Å²) in [6.07, 6.45) is 2.42. The smallest absolute Gasteiger partial charge is 0.218 e. The molecule has 1 fully saturated rings.